The van der Waals surface area contributed by atoms with Gasteiger partial charge in [0.25, 0.3) is 0 Å². The molecular formula is C17H25N3O2. The maximum Gasteiger partial charge on any atom is 0.233 e. The number of fused-ring (bicyclic) bond motifs is 1. The van der Waals surface area contributed by atoms with Crippen LogP contribution in [0.5, 0.6) is 0 Å². The second-order valence-electron chi connectivity index (χ2n) is 7.31. The van der Waals surface area contributed by atoms with Crippen LogP contribution in [0.2, 0.25) is 0 Å². The van der Waals surface area contributed by atoms with Crippen LogP contribution in [0.15, 0.2) is 0 Å². The van der Waals surface area contributed by atoms with E-state index in [0.717, 1.165) is 30.1 Å². The summed E-state index contributed by atoms with van der Waals surface area (Å²) in [5.41, 5.74) is 2.71. The maximum atomic E-state index is 12.6. The van der Waals surface area contributed by atoms with E-state index in [-0.39, 0.29) is 11.3 Å². The van der Waals surface area contributed by atoms with Gasteiger partial charge in [0.05, 0.1) is 41.7 Å². The number of nitrogens with one attached hydrogen (secondary N) is 1. The third kappa shape index (κ3) is 2.09. The number of aryl methyl sites for hydroxylation is 1. The highest BCUT2D eigenvalue weighted by Crippen LogP contribution is 2.57. The minimum absolute atomic E-state index is 0.129. The Morgan fingerprint density at radius 1 is 1.32 bits per heavy atom. The number of nitrogens with zero attached hydrogens (tertiary/aromatic N) is 2. The molecule has 2 heterocycles. The van der Waals surface area contributed by atoms with Gasteiger partial charge in [-0.1, -0.05) is 19.3 Å². The van der Waals surface area contributed by atoms with Gasteiger partial charge in [0, 0.05) is 5.92 Å². The van der Waals surface area contributed by atoms with Gasteiger partial charge in [-0.3, -0.25) is 9.48 Å². The fourth-order valence-corrected chi connectivity index (χ4v) is 4.27. The Balaban J connectivity index is 1.54. The smallest absolute Gasteiger partial charge is 0.233 e. The number of amides is 1. The van der Waals surface area contributed by atoms with Crippen molar-refractivity contribution in [3.63, 3.8) is 0 Å². The van der Waals surface area contributed by atoms with Crippen molar-refractivity contribution in [1.82, 2.24) is 9.78 Å². The summed E-state index contributed by atoms with van der Waals surface area (Å²) in [6, 6.07) is 0.500. The van der Waals surface area contributed by atoms with Crippen LogP contribution in [0.3, 0.4) is 0 Å². The SMILES string of the molecule is Cc1nn(C2CCCCC2)c(C)c1NC(=O)[C@@]12COC[C@@H]1C2. The summed E-state index contributed by atoms with van der Waals surface area (Å²) < 4.78 is 7.60. The van der Waals surface area contributed by atoms with Crippen molar-refractivity contribution in [2.75, 3.05) is 18.5 Å². The third-order valence-electron chi connectivity index (χ3n) is 5.85. The van der Waals surface area contributed by atoms with E-state index in [9.17, 15) is 4.79 Å². The molecule has 5 nitrogen and oxygen atoms in total. The van der Waals surface area contributed by atoms with Gasteiger partial charge >= 0.3 is 0 Å². The van der Waals surface area contributed by atoms with Gasteiger partial charge in [-0.15, -0.1) is 0 Å². The first-order valence-electron chi connectivity index (χ1n) is 8.57. The fourth-order valence-electron chi connectivity index (χ4n) is 4.27. The molecule has 2 aliphatic carbocycles. The molecule has 0 radical (unpaired) electrons. The van der Waals surface area contributed by atoms with Crippen LogP contribution < -0.4 is 5.32 Å². The van der Waals surface area contributed by atoms with Crippen molar-refractivity contribution in [2.24, 2.45) is 11.3 Å². The van der Waals surface area contributed by atoms with Gasteiger partial charge in [-0.2, -0.15) is 5.10 Å². The lowest BCUT2D eigenvalue weighted by molar-refractivity contribution is -0.121. The Morgan fingerprint density at radius 3 is 2.73 bits per heavy atom. The van der Waals surface area contributed by atoms with E-state index in [1.807, 2.05) is 6.92 Å². The summed E-state index contributed by atoms with van der Waals surface area (Å²) in [5, 5.41) is 7.88. The average molecular weight is 303 g/mol. The van der Waals surface area contributed by atoms with E-state index >= 15 is 0 Å². The van der Waals surface area contributed by atoms with Gasteiger partial charge in [-0.05, 0) is 33.1 Å². The number of aromatic nitrogens is 2. The monoisotopic (exact) mass is 303 g/mol. The van der Waals surface area contributed by atoms with Crippen molar-refractivity contribution in [1.29, 1.82) is 0 Å². The first-order chi connectivity index (χ1) is 10.6. The molecule has 0 bridgehead atoms. The van der Waals surface area contributed by atoms with Crippen LogP contribution in [-0.4, -0.2) is 28.9 Å². The molecule has 2 saturated carbocycles. The molecule has 3 aliphatic rings. The Kier molecular flexibility index (Phi) is 3.29. The van der Waals surface area contributed by atoms with E-state index in [2.05, 4.69) is 16.9 Å². The van der Waals surface area contributed by atoms with Gasteiger partial charge < -0.3 is 10.1 Å². The van der Waals surface area contributed by atoms with E-state index in [0.29, 0.717) is 18.6 Å². The number of hydrogen-bond acceptors (Lipinski definition) is 3. The minimum atomic E-state index is -0.244. The number of hydrogen-bond donors (Lipinski definition) is 1. The number of ether oxygens (including phenoxy) is 1. The van der Waals surface area contributed by atoms with E-state index < -0.39 is 0 Å². The van der Waals surface area contributed by atoms with Crippen LogP contribution in [-0.2, 0) is 9.53 Å². The Hall–Kier alpha value is -1.36. The molecule has 1 aromatic heterocycles. The van der Waals surface area contributed by atoms with Crippen molar-refractivity contribution in [2.45, 2.75) is 58.4 Å². The van der Waals surface area contributed by atoms with E-state index in [1.165, 1.54) is 32.1 Å². The summed E-state index contributed by atoms with van der Waals surface area (Å²) in [4.78, 5) is 12.6. The molecule has 0 spiro atoms. The highest BCUT2D eigenvalue weighted by molar-refractivity contribution is 5.98. The zero-order chi connectivity index (χ0) is 15.3. The molecule has 5 heteroatoms. The lowest BCUT2D eigenvalue weighted by Gasteiger charge is -2.23. The van der Waals surface area contributed by atoms with Crippen LogP contribution in [0.1, 0.15) is 56.0 Å². The molecule has 0 aromatic carbocycles. The standard InChI is InChI=1S/C17H25N3O2/c1-11-15(18-16(21)17-8-13(17)9-22-10-17)12(2)20(19-11)14-6-4-3-5-7-14/h13-14H,3-10H2,1-2H3,(H,18,21)/t13-,17-/m0/s1. The maximum absolute atomic E-state index is 12.6. The molecule has 1 aliphatic heterocycles. The summed E-state index contributed by atoms with van der Waals surface area (Å²) in [6.45, 7) is 5.40. The number of carbonyl (C=O) groups is 1. The molecule has 2 atom stereocenters. The molecule has 1 amide bonds. The quantitative estimate of drug-likeness (QED) is 0.934. The lowest BCUT2D eigenvalue weighted by Crippen LogP contribution is -2.27. The van der Waals surface area contributed by atoms with Gasteiger partial charge in [-0.25, -0.2) is 0 Å². The molecule has 1 N–H and O–H groups in total. The molecule has 1 aromatic rings. The molecule has 1 saturated heterocycles. The summed E-state index contributed by atoms with van der Waals surface area (Å²) in [7, 11) is 0. The number of rotatable bonds is 3. The number of anilines is 1. The lowest BCUT2D eigenvalue weighted by atomic mass is 9.95. The summed E-state index contributed by atoms with van der Waals surface area (Å²) >= 11 is 0. The molecule has 0 unspecified atom stereocenters. The summed E-state index contributed by atoms with van der Waals surface area (Å²) in [6.07, 6.45) is 7.29. The molecule has 22 heavy (non-hydrogen) atoms. The van der Waals surface area contributed by atoms with Gasteiger partial charge in [0.15, 0.2) is 0 Å². The van der Waals surface area contributed by atoms with E-state index in [4.69, 9.17) is 9.84 Å². The van der Waals surface area contributed by atoms with Gasteiger partial charge in [0.2, 0.25) is 5.91 Å². The van der Waals surface area contributed by atoms with Crippen molar-refractivity contribution >= 4 is 11.6 Å². The van der Waals surface area contributed by atoms with E-state index in [1.54, 1.807) is 0 Å². The second-order valence-corrected chi connectivity index (χ2v) is 7.31. The normalized spacial score (nSPS) is 31.1. The second kappa shape index (κ2) is 5.08. The highest BCUT2D eigenvalue weighted by atomic mass is 16.5. The molecule has 120 valence electrons. The topological polar surface area (TPSA) is 56.2 Å². The minimum Gasteiger partial charge on any atom is -0.380 e. The predicted molar refractivity (Wildman–Crippen MR) is 83.8 cm³/mol. The van der Waals surface area contributed by atoms with Crippen LogP contribution in [0.25, 0.3) is 0 Å². The molecule has 3 fully saturated rings. The highest BCUT2D eigenvalue weighted by Gasteiger charge is 2.63. The molecular weight excluding hydrogens is 278 g/mol. The fraction of sp³-hybridized carbons (Fsp3) is 0.765. The Labute approximate surface area is 131 Å². The summed E-state index contributed by atoms with van der Waals surface area (Å²) in [5.74, 6) is 0.561. The van der Waals surface area contributed by atoms with Crippen molar-refractivity contribution in [3.05, 3.63) is 11.4 Å². The van der Waals surface area contributed by atoms with Gasteiger partial charge in [0.1, 0.15) is 0 Å². The van der Waals surface area contributed by atoms with Crippen molar-refractivity contribution in [3.8, 4) is 0 Å². The first kappa shape index (κ1) is 14.2. The van der Waals surface area contributed by atoms with Crippen LogP contribution in [0, 0.1) is 25.2 Å². The zero-order valence-electron chi connectivity index (χ0n) is 13.5. The Bertz CT molecular complexity index is 603. The molecule has 4 rings (SSSR count). The number of carbonyl (C=O) groups excluding carboxylic acids is 1. The first-order valence-corrected chi connectivity index (χ1v) is 8.57. The predicted octanol–water partition coefficient (Wildman–Crippen LogP) is 2.98. The van der Waals surface area contributed by atoms with Crippen LogP contribution in [0.4, 0.5) is 5.69 Å². The Morgan fingerprint density at radius 2 is 2.09 bits per heavy atom. The zero-order valence-corrected chi connectivity index (χ0v) is 13.5. The third-order valence-corrected chi connectivity index (χ3v) is 5.85. The largest absolute Gasteiger partial charge is 0.380 e. The van der Waals surface area contributed by atoms with Crippen LogP contribution >= 0.6 is 0 Å². The van der Waals surface area contributed by atoms with Crippen molar-refractivity contribution < 1.29 is 9.53 Å². The average Bonchev–Trinajstić information content (AvgIpc) is 2.99.